The zero-order chi connectivity index (χ0) is 18.0. The Hall–Kier alpha value is -1.10. The fourth-order valence-electron chi connectivity index (χ4n) is 3.24. The van der Waals surface area contributed by atoms with E-state index >= 15 is 0 Å². The number of aryl methyl sites for hydroxylation is 2. The predicted octanol–water partition coefficient (Wildman–Crippen LogP) is 0.219. The van der Waals surface area contributed by atoms with Crippen LogP contribution < -0.4 is 5.32 Å². The Balaban J connectivity index is 1.59. The molecule has 0 saturated carbocycles. The number of rotatable bonds is 4. The van der Waals surface area contributed by atoms with Crippen molar-refractivity contribution in [1.29, 1.82) is 0 Å². The molecule has 0 bridgehead atoms. The summed E-state index contributed by atoms with van der Waals surface area (Å²) in [5.41, 5.74) is 0.372. The van der Waals surface area contributed by atoms with Crippen LogP contribution in [0, 0.1) is 13.8 Å². The number of nitrogens with zero attached hydrogens (tertiary/aromatic N) is 3. The summed E-state index contributed by atoms with van der Waals surface area (Å²) in [4.78, 5) is 14.4. The third-order valence-electron chi connectivity index (χ3n) is 4.58. The number of hydrogen-bond acceptors (Lipinski definition) is 7. The molecule has 1 aromatic rings. The lowest BCUT2D eigenvalue weighted by Crippen LogP contribution is -2.52. The first-order chi connectivity index (χ1) is 11.9. The quantitative estimate of drug-likeness (QED) is 0.788. The molecular formula is C15H24N4O4S2. The number of nitrogens with one attached hydrogen (secondary N) is 1. The molecule has 140 valence electrons. The van der Waals surface area contributed by atoms with E-state index in [4.69, 9.17) is 4.52 Å². The largest absolute Gasteiger partial charge is 0.360 e. The van der Waals surface area contributed by atoms with Gasteiger partial charge in [-0.1, -0.05) is 5.16 Å². The average molecular weight is 389 g/mol. The minimum absolute atomic E-state index is 0.0920. The summed E-state index contributed by atoms with van der Waals surface area (Å²) < 4.78 is 32.0. The lowest BCUT2D eigenvalue weighted by atomic mass is 10.2. The van der Waals surface area contributed by atoms with Gasteiger partial charge in [0, 0.05) is 56.7 Å². The molecule has 10 heteroatoms. The molecule has 1 amide bonds. The Labute approximate surface area is 152 Å². The summed E-state index contributed by atoms with van der Waals surface area (Å²) in [5, 5.41) is 7.09. The van der Waals surface area contributed by atoms with Crippen LogP contribution in [0.3, 0.4) is 0 Å². The molecule has 2 fully saturated rings. The second-order valence-electron chi connectivity index (χ2n) is 6.37. The van der Waals surface area contributed by atoms with Gasteiger partial charge in [0.2, 0.25) is 15.9 Å². The Morgan fingerprint density at radius 1 is 1.32 bits per heavy atom. The number of carbonyl (C=O) groups is 1. The van der Waals surface area contributed by atoms with Crippen molar-refractivity contribution in [2.45, 2.75) is 31.2 Å². The van der Waals surface area contributed by atoms with Crippen LogP contribution in [-0.4, -0.2) is 79.0 Å². The minimum Gasteiger partial charge on any atom is -0.360 e. The van der Waals surface area contributed by atoms with Gasteiger partial charge in [-0.15, -0.1) is 0 Å². The highest BCUT2D eigenvalue weighted by atomic mass is 32.2. The van der Waals surface area contributed by atoms with Crippen LogP contribution in [0.1, 0.15) is 17.9 Å². The van der Waals surface area contributed by atoms with Crippen LogP contribution in [0.4, 0.5) is 0 Å². The van der Waals surface area contributed by atoms with Gasteiger partial charge in [-0.05, 0) is 13.8 Å². The first-order valence-electron chi connectivity index (χ1n) is 8.41. The SMILES string of the molecule is Cc1noc(C)c1S(=O)(=O)N1CCN(C(=O)CC2CSCCN2)CC1. The number of thioether (sulfide) groups is 1. The number of sulfonamides is 1. The fraction of sp³-hybridized carbons (Fsp3) is 0.733. The van der Waals surface area contributed by atoms with E-state index < -0.39 is 10.0 Å². The second kappa shape index (κ2) is 7.65. The summed E-state index contributed by atoms with van der Waals surface area (Å²) in [6.45, 7) is 5.59. The summed E-state index contributed by atoms with van der Waals surface area (Å²) in [6.07, 6.45) is 0.476. The molecular weight excluding hydrogens is 364 g/mol. The van der Waals surface area contributed by atoms with E-state index in [9.17, 15) is 13.2 Å². The summed E-state index contributed by atoms with van der Waals surface area (Å²) >= 11 is 1.86. The fourth-order valence-corrected chi connectivity index (χ4v) is 5.90. The van der Waals surface area contributed by atoms with E-state index in [1.807, 2.05) is 11.8 Å². The topological polar surface area (TPSA) is 95.8 Å². The van der Waals surface area contributed by atoms with Gasteiger partial charge < -0.3 is 14.7 Å². The van der Waals surface area contributed by atoms with E-state index in [-0.39, 0.29) is 16.8 Å². The van der Waals surface area contributed by atoms with Crippen molar-refractivity contribution in [3.8, 4) is 0 Å². The van der Waals surface area contributed by atoms with Crippen LogP contribution in [0.5, 0.6) is 0 Å². The van der Waals surface area contributed by atoms with E-state index in [1.165, 1.54) is 4.31 Å². The van der Waals surface area contributed by atoms with Gasteiger partial charge in [0.05, 0.1) is 0 Å². The van der Waals surface area contributed by atoms with E-state index in [0.717, 1.165) is 18.1 Å². The standard InChI is InChI=1S/C15H24N4O4S2/c1-11-15(12(2)23-17-11)25(21,22)19-6-4-18(5-7-19)14(20)9-13-10-24-8-3-16-13/h13,16H,3-10H2,1-2H3. The zero-order valence-corrected chi connectivity index (χ0v) is 16.2. The molecule has 2 aliphatic rings. The van der Waals surface area contributed by atoms with Crippen LogP contribution in [0.25, 0.3) is 0 Å². The van der Waals surface area contributed by atoms with Crippen molar-refractivity contribution in [2.75, 3.05) is 44.2 Å². The lowest BCUT2D eigenvalue weighted by Gasteiger charge is -2.35. The molecule has 1 aromatic heterocycles. The number of aromatic nitrogens is 1. The van der Waals surface area contributed by atoms with Gasteiger partial charge in [-0.3, -0.25) is 4.79 Å². The van der Waals surface area contributed by atoms with Gasteiger partial charge in [0.1, 0.15) is 10.6 Å². The Morgan fingerprint density at radius 2 is 2.04 bits per heavy atom. The highest BCUT2D eigenvalue weighted by Crippen LogP contribution is 2.24. The molecule has 2 aliphatic heterocycles. The number of carbonyl (C=O) groups excluding carboxylic acids is 1. The molecule has 1 N–H and O–H groups in total. The molecule has 1 atom stereocenters. The van der Waals surface area contributed by atoms with E-state index in [2.05, 4.69) is 10.5 Å². The van der Waals surface area contributed by atoms with Gasteiger partial charge in [-0.25, -0.2) is 8.42 Å². The minimum atomic E-state index is -3.63. The second-order valence-corrected chi connectivity index (χ2v) is 9.39. The molecule has 2 saturated heterocycles. The van der Waals surface area contributed by atoms with Gasteiger partial charge in [0.25, 0.3) is 0 Å². The summed E-state index contributed by atoms with van der Waals surface area (Å²) in [5.74, 6) is 2.43. The molecule has 25 heavy (non-hydrogen) atoms. The highest BCUT2D eigenvalue weighted by molar-refractivity contribution is 7.99. The zero-order valence-electron chi connectivity index (χ0n) is 14.5. The highest BCUT2D eigenvalue weighted by Gasteiger charge is 2.34. The molecule has 8 nitrogen and oxygen atoms in total. The third-order valence-corrected chi connectivity index (χ3v) is 7.85. The maximum absolute atomic E-state index is 12.8. The number of piperazine rings is 1. The van der Waals surface area contributed by atoms with Crippen molar-refractivity contribution in [3.05, 3.63) is 11.5 Å². The van der Waals surface area contributed by atoms with E-state index in [0.29, 0.717) is 44.1 Å². The normalized spacial score (nSPS) is 23.0. The number of amides is 1. The van der Waals surface area contributed by atoms with E-state index in [1.54, 1.807) is 18.7 Å². The van der Waals surface area contributed by atoms with Gasteiger partial charge >= 0.3 is 0 Å². The smallest absolute Gasteiger partial charge is 0.248 e. The van der Waals surface area contributed by atoms with Crippen molar-refractivity contribution in [3.63, 3.8) is 0 Å². The molecule has 1 unspecified atom stereocenters. The van der Waals surface area contributed by atoms with Crippen LogP contribution in [-0.2, 0) is 14.8 Å². The van der Waals surface area contributed by atoms with Crippen molar-refractivity contribution in [1.82, 2.24) is 19.7 Å². The first-order valence-corrected chi connectivity index (χ1v) is 11.0. The Morgan fingerprint density at radius 3 is 2.60 bits per heavy atom. The van der Waals surface area contributed by atoms with Crippen LogP contribution >= 0.6 is 11.8 Å². The van der Waals surface area contributed by atoms with Crippen LogP contribution in [0.15, 0.2) is 9.42 Å². The van der Waals surface area contributed by atoms with Crippen molar-refractivity contribution < 1.29 is 17.7 Å². The monoisotopic (exact) mass is 388 g/mol. The predicted molar refractivity (Wildman–Crippen MR) is 95.0 cm³/mol. The Bertz CT molecular complexity index is 700. The van der Waals surface area contributed by atoms with Crippen LogP contribution in [0.2, 0.25) is 0 Å². The maximum Gasteiger partial charge on any atom is 0.248 e. The molecule has 3 heterocycles. The molecule has 0 spiro atoms. The van der Waals surface area contributed by atoms with Gasteiger partial charge in [0.15, 0.2) is 5.76 Å². The maximum atomic E-state index is 12.8. The Kier molecular flexibility index (Phi) is 5.71. The number of hydrogen-bond donors (Lipinski definition) is 1. The average Bonchev–Trinajstić information content (AvgIpc) is 2.95. The van der Waals surface area contributed by atoms with Crippen molar-refractivity contribution >= 4 is 27.7 Å². The molecule has 0 aromatic carbocycles. The lowest BCUT2D eigenvalue weighted by molar-refractivity contribution is -0.132. The third kappa shape index (κ3) is 4.02. The summed E-state index contributed by atoms with van der Waals surface area (Å²) in [6, 6.07) is 0.218. The molecule has 0 radical (unpaired) electrons. The first kappa shape index (κ1) is 18.7. The molecule has 3 rings (SSSR count). The van der Waals surface area contributed by atoms with Crippen molar-refractivity contribution in [2.24, 2.45) is 0 Å². The van der Waals surface area contributed by atoms with Gasteiger partial charge in [-0.2, -0.15) is 16.1 Å². The summed E-state index contributed by atoms with van der Waals surface area (Å²) in [7, 11) is -3.63. The molecule has 0 aliphatic carbocycles.